The second-order valence-corrected chi connectivity index (χ2v) is 10.5. The number of benzene rings is 1. The molecule has 1 N–H and O–H groups in total. The Morgan fingerprint density at radius 1 is 0.939 bits per heavy atom. The van der Waals surface area contributed by atoms with Crippen LogP contribution in [0.3, 0.4) is 0 Å². The number of aryl methyl sites for hydroxylation is 1. The van der Waals surface area contributed by atoms with E-state index in [0.29, 0.717) is 10.6 Å². The number of hydrogen-bond acceptors (Lipinski definition) is 5. The largest absolute Gasteiger partial charge is 0.456 e. The van der Waals surface area contributed by atoms with Crippen molar-refractivity contribution >= 4 is 28.4 Å². The topological polar surface area (TPSA) is 64.6 Å². The lowest BCUT2D eigenvalue weighted by atomic mass is 10.1. The molecular formula is C27H39NO4S. The van der Waals surface area contributed by atoms with E-state index in [1.165, 1.54) is 56.3 Å². The summed E-state index contributed by atoms with van der Waals surface area (Å²) in [5.41, 5.74) is 0.685. The van der Waals surface area contributed by atoms with Gasteiger partial charge >= 0.3 is 12.1 Å². The molecule has 1 aromatic heterocycles. The molecule has 0 saturated carbocycles. The Labute approximate surface area is 202 Å². The molecule has 0 radical (unpaired) electrons. The zero-order chi connectivity index (χ0) is 24.1. The molecule has 0 spiro atoms. The third kappa shape index (κ3) is 10.9. The normalized spacial score (nSPS) is 11.3. The highest BCUT2D eigenvalue weighted by Gasteiger charge is 2.24. The molecule has 1 amide bonds. The van der Waals surface area contributed by atoms with Gasteiger partial charge in [0.2, 0.25) is 0 Å². The Balaban J connectivity index is 1.94. The Morgan fingerprint density at radius 2 is 1.58 bits per heavy atom. The zero-order valence-electron chi connectivity index (χ0n) is 20.6. The van der Waals surface area contributed by atoms with Gasteiger partial charge in [0.15, 0.2) is 0 Å². The van der Waals surface area contributed by atoms with E-state index in [1.54, 1.807) is 0 Å². The molecule has 1 heterocycles. The minimum atomic E-state index is -0.609. The van der Waals surface area contributed by atoms with Crippen LogP contribution in [0.4, 0.5) is 9.80 Å². The average Bonchev–Trinajstić information content (AvgIpc) is 3.16. The monoisotopic (exact) mass is 473 g/mol. The van der Waals surface area contributed by atoms with Crippen molar-refractivity contribution in [2.75, 3.05) is 5.32 Å². The molecule has 2 rings (SSSR count). The third-order valence-electron chi connectivity index (χ3n) is 5.11. The minimum Gasteiger partial charge on any atom is -0.456 e. The maximum atomic E-state index is 12.7. The van der Waals surface area contributed by atoms with Gasteiger partial charge in [-0.25, -0.2) is 9.59 Å². The van der Waals surface area contributed by atoms with E-state index in [0.717, 1.165) is 23.3 Å². The number of amides is 1. The van der Waals surface area contributed by atoms with E-state index >= 15 is 0 Å². The second-order valence-electron chi connectivity index (χ2n) is 9.37. The highest BCUT2D eigenvalue weighted by atomic mass is 32.1. The van der Waals surface area contributed by atoms with Gasteiger partial charge in [-0.15, -0.1) is 11.3 Å². The quantitative estimate of drug-likeness (QED) is 0.235. The van der Waals surface area contributed by atoms with Gasteiger partial charge in [0, 0.05) is 4.88 Å². The number of anilines is 1. The summed E-state index contributed by atoms with van der Waals surface area (Å²) in [4.78, 5) is 26.2. The number of ether oxygens (including phenoxy) is 2. The van der Waals surface area contributed by atoms with Crippen molar-refractivity contribution in [1.82, 2.24) is 0 Å². The number of thiophene rings is 1. The van der Waals surface area contributed by atoms with Gasteiger partial charge in [-0.2, -0.15) is 0 Å². The first-order valence-corrected chi connectivity index (χ1v) is 12.9. The highest BCUT2D eigenvalue weighted by Crippen LogP contribution is 2.31. The van der Waals surface area contributed by atoms with Crippen LogP contribution in [0.1, 0.15) is 99.9 Å². The van der Waals surface area contributed by atoms with Crippen molar-refractivity contribution in [2.45, 2.75) is 97.7 Å². The van der Waals surface area contributed by atoms with Crippen LogP contribution in [0, 0.1) is 0 Å². The summed E-state index contributed by atoms with van der Waals surface area (Å²) in [5, 5.41) is 3.24. The first kappa shape index (κ1) is 26.9. The Bertz CT molecular complexity index is 855. The molecule has 0 aliphatic heterocycles. The van der Waals surface area contributed by atoms with Gasteiger partial charge in [-0.1, -0.05) is 82.2 Å². The van der Waals surface area contributed by atoms with Gasteiger partial charge in [-0.3, -0.25) is 5.32 Å². The number of unbranched alkanes of at least 4 members (excludes halogenated alkanes) is 7. The van der Waals surface area contributed by atoms with Crippen LogP contribution >= 0.6 is 11.3 Å². The van der Waals surface area contributed by atoms with Gasteiger partial charge < -0.3 is 9.47 Å². The van der Waals surface area contributed by atoms with E-state index < -0.39 is 17.7 Å². The zero-order valence-corrected chi connectivity index (χ0v) is 21.4. The summed E-state index contributed by atoms with van der Waals surface area (Å²) >= 11 is 1.43. The smallest absolute Gasteiger partial charge is 0.412 e. The van der Waals surface area contributed by atoms with Crippen LogP contribution < -0.4 is 5.32 Å². The molecule has 0 atom stereocenters. The van der Waals surface area contributed by atoms with E-state index in [-0.39, 0.29) is 6.61 Å². The van der Waals surface area contributed by atoms with Crippen LogP contribution in [0.5, 0.6) is 0 Å². The summed E-state index contributed by atoms with van der Waals surface area (Å²) < 4.78 is 10.9. The number of rotatable bonds is 13. The molecule has 33 heavy (non-hydrogen) atoms. The SMILES string of the molecule is CCCCCCCCCCc1cc(C(=O)OC(C)(C)C)c(NC(=O)OCc2ccccc2)s1. The Hall–Kier alpha value is -2.34. The van der Waals surface area contributed by atoms with Gasteiger partial charge in [-0.05, 0) is 45.2 Å². The predicted molar refractivity (Wildman–Crippen MR) is 136 cm³/mol. The molecule has 182 valence electrons. The van der Waals surface area contributed by atoms with E-state index in [2.05, 4.69) is 12.2 Å². The fourth-order valence-electron chi connectivity index (χ4n) is 3.43. The van der Waals surface area contributed by atoms with Crippen molar-refractivity contribution in [3.63, 3.8) is 0 Å². The number of carbonyl (C=O) groups excluding carboxylic acids is 2. The fraction of sp³-hybridized carbons (Fsp3) is 0.556. The van der Waals surface area contributed by atoms with Crippen LogP contribution in [0.15, 0.2) is 36.4 Å². The first-order valence-electron chi connectivity index (χ1n) is 12.1. The van der Waals surface area contributed by atoms with Gasteiger partial charge in [0.1, 0.15) is 17.2 Å². The van der Waals surface area contributed by atoms with Crippen LogP contribution in [-0.4, -0.2) is 17.7 Å². The van der Waals surface area contributed by atoms with E-state index in [1.807, 2.05) is 57.2 Å². The second kappa shape index (κ2) is 14.0. The van der Waals surface area contributed by atoms with Crippen molar-refractivity contribution in [3.8, 4) is 0 Å². The van der Waals surface area contributed by atoms with E-state index in [9.17, 15) is 9.59 Å². The molecule has 6 heteroatoms. The first-order chi connectivity index (χ1) is 15.8. The average molecular weight is 474 g/mol. The lowest BCUT2D eigenvalue weighted by molar-refractivity contribution is 0.00712. The van der Waals surface area contributed by atoms with Crippen LogP contribution in [-0.2, 0) is 22.5 Å². The summed E-state index contributed by atoms with van der Waals surface area (Å²) in [7, 11) is 0. The number of hydrogen-bond donors (Lipinski definition) is 1. The minimum absolute atomic E-state index is 0.172. The fourth-order valence-corrected chi connectivity index (χ4v) is 4.50. The van der Waals surface area contributed by atoms with E-state index in [4.69, 9.17) is 9.47 Å². The van der Waals surface area contributed by atoms with Crippen molar-refractivity contribution in [2.24, 2.45) is 0 Å². The number of carbonyl (C=O) groups is 2. The Kier molecular flexibility index (Phi) is 11.4. The molecular weight excluding hydrogens is 434 g/mol. The van der Waals surface area contributed by atoms with Gasteiger partial charge in [0.25, 0.3) is 0 Å². The number of esters is 1. The lowest BCUT2D eigenvalue weighted by Crippen LogP contribution is -2.24. The Morgan fingerprint density at radius 3 is 2.21 bits per heavy atom. The van der Waals surface area contributed by atoms with Crippen molar-refractivity contribution < 1.29 is 19.1 Å². The van der Waals surface area contributed by atoms with Gasteiger partial charge in [0.05, 0.1) is 5.56 Å². The van der Waals surface area contributed by atoms with Crippen molar-refractivity contribution in [3.05, 3.63) is 52.4 Å². The molecule has 1 aromatic carbocycles. The highest BCUT2D eigenvalue weighted by molar-refractivity contribution is 7.16. The number of nitrogens with one attached hydrogen (secondary N) is 1. The molecule has 2 aromatic rings. The van der Waals surface area contributed by atoms with Crippen LogP contribution in [0.2, 0.25) is 0 Å². The standard InChI is InChI=1S/C27H39NO4S/c1-5-6-7-8-9-10-11-15-18-22-19-23(25(29)32-27(2,3)4)24(33-22)28-26(30)31-20-21-16-13-12-14-17-21/h12-14,16-17,19H,5-11,15,18,20H2,1-4H3,(H,28,30). The lowest BCUT2D eigenvalue weighted by Gasteiger charge is -2.19. The maximum absolute atomic E-state index is 12.7. The molecule has 0 aliphatic carbocycles. The molecule has 5 nitrogen and oxygen atoms in total. The van der Waals surface area contributed by atoms with Crippen molar-refractivity contribution in [1.29, 1.82) is 0 Å². The molecule has 0 fully saturated rings. The molecule has 0 unspecified atom stereocenters. The summed E-state index contributed by atoms with van der Waals surface area (Å²) in [5.74, 6) is -0.431. The van der Waals surface area contributed by atoms with Crippen LogP contribution in [0.25, 0.3) is 0 Å². The molecule has 0 saturated heterocycles. The summed E-state index contributed by atoms with van der Waals surface area (Å²) in [6, 6.07) is 11.4. The maximum Gasteiger partial charge on any atom is 0.412 e. The summed E-state index contributed by atoms with van der Waals surface area (Å²) in [6.45, 7) is 7.91. The third-order valence-corrected chi connectivity index (χ3v) is 6.22. The predicted octanol–water partition coefficient (Wildman–Crippen LogP) is 8.14. The molecule has 0 aliphatic rings. The molecule has 0 bridgehead atoms. The summed E-state index contributed by atoms with van der Waals surface area (Å²) in [6.07, 6.45) is 10.3.